The summed E-state index contributed by atoms with van der Waals surface area (Å²) in [5.74, 6) is -1.97. The number of carbonyl (C=O) groups excluding carboxylic acids is 3. The molecule has 4 aliphatic rings. The molecule has 4 atom stereocenters. The minimum absolute atomic E-state index is 0. The van der Waals surface area contributed by atoms with Crippen molar-refractivity contribution in [2.24, 2.45) is 5.16 Å². The molecule has 2 amide bonds. The number of quaternary nitrogens is 1. The van der Waals surface area contributed by atoms with E-state index in [1.54, 1.807) is 5.38 Å². The summed E-state index contributed by atoms with van der Waals surface area (Å²) in [6.45, 7) is 5.72. The fourth-order valence-electron chi connectivity index (χ4n) is 10.4. The summed E-state index contributed by atoms with van der Waals surface area (Å²) in [5.41, 5.74) is 4.26. The quantitative estimate of drug-likeness (QED) is 0.0232. The number of likely N-dealkylation sites (tertiary alicyclic amines) is 1. The number of likely N-dealkylation sites (N-methyl/N-ethyl adjacent to an activating group) is 1. The molecule has 0 radical (unpaired) electrons. The Bertz CT molecular complexity index is 2780. The molecule has 3 unspecified atom stereocenters. The number of nitrogens with zero attached hydrogens (tertiary/aromatic N) is 4. The minimum Gasteiger partial charge on any atom is -1.00 e. The van der Waals surface area contributed by atoms with Crippen LogP contribution in [0.2, 0.25) is 0 Å². The van der Waals surface area contributed by atoms with Crippen LogP contribution in [0, 0.1) is 0 Å². The first-order chi connectivity index (χ1) is 34.8. The number of fused-ring (bicyclic) bond motifs is 1. The third kappa shape index (κ3) is 10.4. The van der Waals surface area contributed by atoms with Gasteiger partial charge >= 0.3 is 5.97 Å². The first-order valence-corrected chi connectivity index (χ1v) is 26.7. The number of nitrogens with one attached hydrogen (secondary N) is 2. The highest BCUT2D eigenvalue weighted by Gasteiger charge is 2.58. The van der Waals surface area contributed by atoms with Gasteiger partial charge in [0.2, 0.25) is 6.29 Å². The van der Waals surface area contributed by atoms with Crippen LogP contribution in [0.4, 0.5) is 5.13 Å². The maximum atomic E-state index is 14.9. The second-order valence-corrected chi connectivity index (χ2v) is 20.8. The van der Waals surface area contributed by atoms with Crippen LogP contribution in [0.1, 0.15) is 78.6 Å². The van der Waals surface area contributed by atoms with Crippen molar-refractivity contribution < 1.29 is 61.4 Å². The van der Waals surface area contributed by atoms with Crippen LogP contribution in [0.25, 0.3) is 0 Å². The van der Waals surface area contributed by atoms with Gasteiger partial charge in [0.15, 0.2) is 16.9 Å². The van der Waals surface area contributed by atoms with Crippen LogP contribution in [-0.4, -0.2) is 98.3 Å². The van der Waals surface area contributed by atoms with Gasteiger partial charge in [-0.1, -0.05) is 157 Å². The first-order valence-electron chi connectivity index (χ1n) is 24.4. The third-order valence-corrected chi connectivity index (χ3v) is 16.5. The Balaban J connectivity index is 0.00000640. The summed E-state index contributed by atoms with van der Waals surface area (Å²) in [4.78, 5) is 56.5. The van der Waals surface area contributed by atoms with E-state index < -0.39 is 57.9 Å². The molecule has 2 N–H and O–H groups in total. The number of carbonyl (C=O) groups is 3. The van der Waals surface area contributed by atoms with Crippen molar-refractivity contribution in [3.05, 3.63) is 202 Å². The first kappa shape index (κ1) is 50.9. The number of hydrogen-bond acceptors (Lipinski definition) is 11. The predicted molar refractivity (Wildman–Crippen MR) is 274 cm³/mol. The van der Waals surface area contributed by atoms with Gasteiger partial charge in [0.25, 0.3) is 11.8 Å². The molecule has 4 aliphatic heterocycles. The fourth-order valence-corrected chi connectivity index (χ4v) is 12.8. The molecule has 0 bridgehead atoms. The number of hydrogen-bond donors (Lipinski definition) is 2. The van der Waals surface area contributed by atoms with E-state index in [2.05, 4.69) is 59.1 Å². The molecule has 72 heavy (non-hydrogen) atoms. The SMILES string of the molecule is CC[N+]1(CC2=C(C(=O)OC(c3ccccc3)c3ccccc3)N3C(=O)C(NC(=O)C(=NOC4CCCCO4)c4csc(NC(c5ccccc5)(c5ccccc5)c5ccccc5)n4)[C@H]3S(=O)C2)CCCC1.[I-]. The van der Waals surface area contributed by atoms with Crippen molar-refractivity contribution in [1.29, 1.82) is 0 Å². The van der Waals surface area contributed by atoms with E-state index in [4.69, 9.17) is 19.3 Å². The maximum Gasteiger partial charge on any atom is 0.356 e. The highest BCUT2D eigenvalue weighted by atomic mass is 127. The van der Waals surface area contributed by atoms with Crippen LogP contribution in [0.15, 0.2) is 173 Å². The number of oxime groups is 1. The number of esters is 1. The lowest BCUT2D eigenvalue weighted by molar-refractivity contribution is -0.910. The highest BCUT2D eigenvalue weighted by Crippen LogP contribution is 2.42. The second-order valence-electron chi connectivity index (χ2n) is 18.5. The standard InChI is InChI=1S/C56H56N6O7S2.HI/c1-2-62(33-19-20-34-62)36-41-38-71(66)53-48(52(64)61(53)49(41)54(65)68-50(39-22-8-3-9-23-39)40-24-10-4-11-25-40)58-51(63)47(60-69-46-32-18-21-35-67-46)45-37-70-55(57-45)59-56(42-26-12-5-13-27-42,43-28-14-6-15-29-43)44-30-16-7-17-31-44;/h3-17,22-31,37,46,48,50,53H,2,18-21,32-36,38H2,1H3,(H-,57,58,59,63);1H/t46?,48?,53-,71?;/m1./s1. The van der Waals surface area contributed by atoms with Crippen molar-refractivity contribution in [3.8, 4) is 0 Å². The number of amides is 2. The largest absolute Gasteiger partial charge is 1.00 e. The second kappa shape index (κ2) is 22.8. The summed E-state index contributed by atoms with van der Waals surface area (Å²) in [5, 5.41) is 12.2. The predicted octanol–water partition coefficient (Wildman–Crippen LogP) is 5.43. The number of anilines is 1. The lowest BCUT2D eigenvalue weighted by Crippen LogP contribution is -3.00. The molecule has 1 aromatic heterocycles. The number of ether oxygens (including phenoxy) is 2. The number of aromatic nitrogens is 1. The van der Waals surface area contributed by atoms with Gasteiger partial charge in [-0.3, -0.25) is 18.7 Å². The molecule has 5 heterocycles. The van der Waals surface area contributed by atoms with E-state index in [1.165, 1.54) is 16.2 Å². The summed E-state index contributed by atoms with van der Waals surface area (Å²) in [6.07, 6.45) is 2.94. The van der Waals surface area contributed by atoms with Crippen molar-refractivity contribution >= 4 is 50.8 Å². The number of rotatable bonds is 17. The van der Waals surface area contributed by atoms with Crippen LogP contribution >= 0.6 is 11.3 Å². The normalized spacial score (nSPS) is 20.7. The molecule has 5 aromatic carbocycles. The van der Waals surface area contributed by atoms with Crippen molar-refractivity contribution in [1.82, 2.24) is 15.2 Å². The van der Waals surface area contributed by atoms with E-state index in [0.717, 1.165) is 77.6 Å². The molecule has 3 fully saturated rings. The molecular weight excluding hydrogens is 1060 g/mol. The maximum absolute atomic E-state index is 14.9. The summed E-state index contributed by atoms with van der Waals surface area (Å²) in [7, 11) is -1.70. The van der Waals surface area contributed by atoms with Crippen molar-refractivity contribution in [3.63, 3.8) is 0 Å². The molecule has 0 spiro atoms. The smallest absolute Gasteiger partial charge is 0.356 e. The van der Waals surface area contributed by atoms with Gasteiger partial charge in [0.05, 0.1) is 42.8 Å². The number of benzene rings is 5. The topological polar surface area (TPSA) is 149 Å². The minimum atomic E-state index is -1.70. The Morgan fingerprint density at radius 2 is 1.39 bits per heavy atom. The summed E-state index contributed by atoms with van der Waals surface area (Å²) >= 11 is 1.29. The summed E-state index contributed by atoms with van der Waals surface area (Å²) < 4.78 is 27.5. The van der Waals surface area contributed by atoms with E-state index in [1.807, 2.05) is 115 Å². The molecule has 372 valence electrons. The van der Waals surface area contributed by atoms with E-state index in [0.29, 0.717) is 30.3 Å². The fraction of sp³-hybridized carbons (Fsp3) is 0.304. The van der Waals surface area contributed by atoms with Gasteiger partial charge in [-0.15, -0.1) is 11.3 Å². The van der Waals surface area contributed by atoms with Crippen LogP contribution in [-0.2, 0) is 45.0 Å². The van der Waals surface area contributed by atoms with Gasteiger partial charge in [-0.2, -0.15) is 0 Å². The van der Waals surface area contributed by atoms with Gasteiger partial charge < -0.3 is 53.4 Å². The molecular formula is C56H57IN6O7S2. The number of thiazole rings is 1. The van der Waals surface area contributed by atoms with Gasteiger partial charge in [-0.25, -0.2) is 9.78 Å². The van der Waals surface area contributed by atoms with Gasteiger partial charge in [-0.05, 0) is 47.6 Å². The van der Waals surface area contributed by atoms with Gasteiger partial charge in [0.1, 0.15) is 34.9 Å². The summed E-state index contributed by atoms with van der Waals surface area (Å²) in [6, 6.07) is 48.0. The molecule has 13 nitrogen and oxygen atoms in total. The lowest BCUT2D eigenvalue weighted by Gasteiger charge is -2.50. The number of β-lactam (4-membered cyclic amide) rings is 1. The monoisotopic (exact) mass is 1120 g/mol. The van der Waals surface area contributed by atoms with Gasteiger partial charge in [0, 0.05) is 30.2 Å². The average Bonchev–Trinajstić information content (AvgIpc) is 4.10. The van der Waals surface area contributed by atoms with E-state index in [9.17, 15) is 18.6 Å². The molecule has 0 aliphatic carbocycles. The van der Waals surface area contributed by atoms with Crippen LogP contribution in [0.5, 0.6) is 0 Å². The Morgan fingerprint density at radius 1 is 0.833 bits per heavy atom. The zero-order valence-corrected chi connectivity index (χ0v) is 43.7. The Hall–Kier alpha value is -6.05. The Labute approximate surface area is 443 Å². The average molecular weight is 1120 g/mol. The zero-order chi connectivity index (χ0) is 48.8. The van der Waals surface area contributed by atoms with Crippen LogP contribution in [0.3, 0.4) is 0 Å². The molecule has 3 saturated heterocycles. The Kier molecular flexibility index (Phi) is 16.1. The Morgan fingerprint density at radius 3 is 1.92 bits per heavy atom. The van der Waals surface area contributed by atoms with Crippen molar-refractivity contribution in [2.45, 2.75) is 68.4 Å². The third-order valence-electron chi connectivity index (χ3n) is 14.1. The molecule has 16 heteroatoms. The lowest BCUT2D eigenvalue weighted by atomic mass is 9.77. The van der Waals surface area contributed by atoms with Crippen molar-refractivity contribution in [2.75, 3.05) is 43.9 Å². The highest BCUT2D eigenvalue weighted by molar-refractivity contribution is 7.86. The van der Waals surface area contributed by atoms with E-state index >= 15 is 0 Å². The molecule has 6 aromatic rings. The molecule has 10 rings (SSSR count). The van der Waals surface area contributed by atoms with Crippen LogP contribution < -0.4 is 34.6 Å². The number of halogens is 1. The molecule has 0 saturated carbocycles. The van der Waals surface area contributed by atoms with E-state index in [-0.39, 0.29) is 46.8 Å². The zero-order valence-electron chi connectivity index (χ0n) is 39.9.